The van der Waals surface area contributed by atoms with Crippen LogP contribution < -0.4 is 0 Å². The molecule has 19 heavy (non-hydrogen) atoms. The quantitative estimate of drug-likeness (QED) is 0.696. The van der Waals surface area contributed by atoms with Gasteiger partial charge >= 0.3 is 0 Å². The van der Waals surface area contributed by atoms with Crippen LogP contribution in [0.4, 0.5) is 0 Å². The van der Waals surface area contributed by atoms with Crippen LogP contribution in [0.2, 0.25) is 0 Å². The van der Waals surface area contributed by atoms with Gasteiger partial charge in [-0.15, -0.1) is 0 Å². The predicted molar refractivity (Wildman–Crippen MR) is 75.0 cm³/mol. The van der Waals surface area contributed by atoms with E-state index >= 15 is 0 Å². The van der Waals surface area contributed by atoms with Gasteiger partial charge in [0, 0.05) is 29.6 Å². The Balaban J connectivity index is 1.83. The Morgan fingerprint density at radius 1 is 1.05 bits per heavy atom. The number of nitrogens with zero attached hydrogens (tertiary/aromatic N) is 3. The van der Waals surface area contributed by atoms with E-state index in [4.69, 9.17) is 0 Å². The van der Waals surface area contributed by atoms with Crippen molar-refractivity contribution < 1.29 is 0 Å². The molecule has 1 saturated carbocycles. The lowest BCUT2D eigenvalue weighted by Gasteiger charge is -2.01. The highest BCUT2D eigenvalue weighted by Crippen LogP contribution is 2.46. The van der Waals surface area contributed by atoms with Crippen LogP contribution in [0.25, 0.3) is 16.9 Å². The van der Waals surface area contributed by atoms with Crippen LogP contribution in [0.15, 0.2) is 48.9 Å². The summed E-state index contributed by atoms with van der Waals surface area (Å²) in [4.78, 5) is 9.10. The van der Waals surface area contributed by atoms with E-state index in [1.54, 1.807) is 0 Å². The van der Waals surface area contributed by atoms with Crippen molar-refractivity contribution in [2.75, 3.05) is 0 Å². The number of hydrogen-bond acceptors (Lipinski definition) is 2. The first-order chi connectivity index (χ1) is 9.24. The van der Waals surface area contributed by atoms with E-state index < -0.39 is 0 Å². The molecule has 0 amide bonds. The number of rotatable bonds is 2. The normalized spacial score (nSPS) is 16.7. The third-order valence-electron chi connectivity index (χ3n) is 4.04. The summed E-state index contributed by atoms with van der Waals surface area (Å²) >= 11 is 0. The molecule has 3 aromatic rings. The highest BCUT2D eigenvalue weighted by Gasteiger charge is 2.41. The topological polar surface area (TPSA) is 30.2 Å². The molecule has 0 spiro atoms. The van der Waals surface area contributed by atoms with Crippen LogP contribution >= 0.6 is 0 Å². The number of benzene rings is 1. The fraction of sp³-hybridized carbons (Fsp3) is 0.250. The van der Waals surface area contributed by atoms with Crippen molar-refractivity contribution in [3.63, 3.8) is 0 Å². The molecule has 0 aliphatic heterocycles. The molecule has 1 aromatic carbocycles. The SMILES string of the molecule is CC1(c2cn3cc(-c4ccccc4)cnc3n2)CC1. The van der Waals surface area contributed by atoms with Gasteiger partial charge < -0.3 is 0 Å². The Morgan fingerprint density at radius 3 is 2.58 bits per heavy atom. The Bertz CT molecular complexity index is 739. The zero-order valence-corrected chi connectivity index (χ0v) is 10.9. The van der Waals surface area contributed by atoms with Gasteiger partial charge in [0.15, 0.2) is 0 Å². The molecule has 1 aliphatic carbocycles. The van der Waals surface area contributed by atoms with Gasteiger partial charge in [-0.05, 0) is 18.4 Å². The maximum absolute atomic E-state index is 4.63. The van der Waals surface area contributed by atoms with Crippen molar-refractivity contribution in [3.05, 3.63) is 54.6 Å². The Hall–Kier alpha value is -2.16. The summed E-state index contributed by atoms with van der Waals surface area (Å²) < 4.78 is 2.04. The maximum Gasteiger partial charge on any atom is 0.233 e. The molecule has 4 rings (SSSR count). The Labute approximate surface area is 111 Å². The van der Waals surface area contributed by atoms with E-state index in [1.807, 2.05) is 28.8 Å². The second-order valence-electron chi connectivity index (χ2n) is 5.60. The van der Waals surface area contributed by atoms with E-state index in [-0.39, 0.29) is 0 Å². The number of aromatic nitrogens is 3. The van der Waals surface area contributed by atoms with Crippen LogP contribution in [-0.4, -0.2) is 14.4 Å². The van der Waals surface area contributed by atoms with Crippen LogP contribution in [-0.2, 0) is 5.41 Å². The van der Waals surface area contributed by atoms with Gasteiger partial charge in [0.05, 0.1) is 5.69 Å². The number of hydrogen-bond donors (Lipinski definition) is 0. The summed E-state index contributed by atoms with van der Waals surface area (Å²) in [7, 11) is 0. The molecule has 0 unspecified atom stereocenters. The lowest BCUT2D eigenvalue weighted by molar-refractivity contribution is 0.758. The van der Waals surface area contributed by atoms with Crippen molar-refractivity contribution in [1.82, 2.24) is 14.4 Å². The summed E-state index contributed by atoms with van der Waals surface area (Å²) in [5.41, 5.74) is 3.77. The second kappa shape index (κ2) is 3.67. The van der Waals surface area contributed by atoms with E-state index in [9.17, 15) is 0 Å². The van der Waals surface area contributed by atoms with Crippen molar-refractivity contribution >= 4 is 5.78 Å². The summed E-state index contributed by atoms with van der Waals surface area (Å²) in [5.74, 6) is 0.794. The first-order valence-corrected chi connectivity index (χ1v) is 6.65. The minimum absolute atomic E-state index is 0.292. The summed E-state index contributed by atoms with van der Waals surface area (Å²) in [5, 5.41) is 0. The van der Waals surface area contributed by atoms with Crippen LogP contribution in [0.5, 0.6) is 0 Å². The predicted octanol–water partition coefficient (Wildman–Crippen LogP) is 3.45. The molecular weight excluding hydrogens is 234 g/mol. The van der Waals surface area contributed by atoms with E-state index in [1.165, 1.54) is 24.1 Å². The molecule has 1 aliphatic rings. The van der Waals surface area contributed by atoms with E-state index in [0.717, 1.165) is 11.3 Å². The molecule has 94 valence electrons. The molecule has 1 fully saturated rings. The monoisotopic (exact) mass is 249 g/mol. The fourth-order valence-electron chi connectivity index (χ4n) is 2.40. The number of imidazole rings is 1. The summed E-state index contributed by atoms with van der Waals surface area (Å²) in [6.45, 7) is 2.27. The van der Waals surface area contributed by atoms with Gasteiger partial charge in [-0.25, -0.2) is 9.97 Å². The molecule has 0 atom stereocenters. The van der Waals surface area contributed by atoms with Gasteiger partial charge in [0.1, 0.15) is 0 Å². The number of fused-ring (bicyclic) bond motifs is 1. The van der Waals surface area contributed by atoms with Crippen molar-refractivity contribution in [1.29, 1.82) is 0 Å². The van der Waals surface area contributed by atoms with Gasteiger partial charge in [-0.1, -0.05) is 37.3 Å². The largest absolute Gasteiger partial charge is 0.290 e. The maximum atomic E-state index is 4.63. The molecule has 0 N–H and O–H groups in total. The molecule has 2 aromatic heterocycles. The molecule has 3 nitrogen and oxygen atoms in total. The van der Waals surface area contributed by atoms with Crippen LogP contribution in [0.3, 0.4) is 0 Å². The third kappa shape index (κ3) is 1.73. The third-order valence-corrected chi connectivity index (χ3v) is 4.04. The van der Waals surface area contributed by atoms with Gasteiger partial charge in [0.2, 0.25) is 5.78 Å². The molecule has 2 heterocycles. The Morgan fingerprint density at radius 2 is 1.84 bits per heavy atom. The smallest absolute Gasteiger partial charge is 0.233 e. The molecule has 3 heteroatoms. The zero-order chi connectivity index (χ0) is 12.9. The zero-order valence-electron chi connectivity index (χ0n) is 10.9. The summed E-state index contributed by atoms with van der Waals surface area (Å²) in [6, 6.07) is 10.3. The standard InChI is InChI=1S/C16H15N3/c1-16(7-8-16)14-11-19-10-13(9-17-15(19)18-14)12-5-3-2-4-6-12/h2-6,9-11H,7-8H2,1H3. The second-order valence-corrected chi connectivity index (χ2v) is 5.60. The van der Waals surface area contributed by atoms with Crippen molar-refractivity contribution in [2.24, 2.45) is 0 Å². The summed E-state index contributed by atoms with van der Waals surface area (Å²) in [6.07, 6.45) is 8.61. The minimum atomic E-state index is 0.292. The first kappa shape index (κ1) is 10.7. The van der Waals surface area contributed by atoms with Gasteiger partial charge in [-0.2, -0.15) is 0 Å². The van der Waals surface area contributed by atoms with Crippen LogP contribution in [0, 0.1) is 0 Å². The molecule has 0 bridgehead atoms. The Kier molecular flexibility index (Phi) is 2.07. The lowest BCUT2D eigenvalue weighted by Crippen LogP contribution is -1.98. The average Bonchev–Trinajstić information content (AvgIpc) is 3.05. The van der Waals surface area contributed by atoms with Gasteiger partial charge in [0.25, 0.3) is 0 Å². The molecular formula is C16H15N3. The van der Waals surface area contributed by atoms with E-state index in [2.05, 4.69) is 41.4 Å². The minimum Gasteiger partial charge on any atom is -0.290 e. The first-order valence-electron chi connectivity index (χ1n) is 6.65. The fourth-order valence-corrected chi connectivity index (χ4v) is 2.40. The molecule has 0 saturated heterocycles. The van der Waals surface area contributed by atoms with Crippen molar-refractivity contribution in [2.45, 2.75) is 25.2 Å². The highest BCUT2D eigenvalue weighted by atomic mass is 15.1. The van der Waals surface area contributed by atoms with Crippen molar-refractivity contribution in [3.8, 4) is 11.1 Å². The average molecular weight is 249 g/mol. The highest BCUT2D eigenvalue weighted by molar-refractivity contribution is 5.62. The van der Waals surface area contributed by atoms with Gasteiger partial charge in [-0.3, -0.25) is 4.40 Å². The lowest BCUT2D eigenvalue weighted by atomic mass is 10.1. The van der Waals surface area contributed by atoms with E-state index in [0.29, 0.717) is 5.41 Å². The molecule has 0 radical (unpaired) electrons. The van der Waals surface area contributed by atoms with Crippen LogP contribution in [0.1, 0.15) is 25.5 Å².